The summed E-state index contributed by atoms with van der Waals surface area (Å²) in [6.07, 6.45) is 1.30. The highest BCUT2D eigenvalue weighted by atomic mass is 35.5. The zero-order valence-electron chi connectivity index (χ0n) is 10.9. The van der Waals surface area contributed by atoms with Gasteiger partial charge in [-0.3, -0.25) is 4.79 Å². The molecule has 0 radical (unpaired) electrons. The predicted molar refractivity (Wildman–Crippen MR) is 74.2 cm³/mol. The predicted octanol–water partition coefficient (Wildman–Crippen LogP) is 1.74. The van der Waals surface area contributed by atoms with Gasteiger partial charge >= 0.3 is 0 Å². The molecule has 1 saturated heterocycles. The molecule has 1 aliphatic rings. The normalized spacial score (nSPS) is 18.1. The van der Waals surface area contributed by atoms with Crippen LogP contribution < -0.4 is 11.1 Å². The maximum atomic E-state index is 12.5. The maximum Gasteiger partial charge on any atom is 0.232 e. The van der Waals surface area contributed by atoms with Crippen molar-refractivity contribution < 1.29 is 9.53 Å². The SMILES string of the molecule is Cc1nc(Cl)ccc1NC(=O)C1(CN)CCOCC1. The van der Waals surface area contributed by atoms with E-state index >= 15 is 0 Å². The molecule has 5 nitrogen and oxygen atoms in total. The molecule has 6 heteroatoms. The summed E-state index contributed by atoms with van der Waals surface area (Å²) in [7, 11) is 0. The lowest BCUT2D eigenvalue weighted by molar-refractivity contribution is -0.130. The van der Waals surface area contributed by atoms with Crippen molar-refractivity contribution in [1.82, 2.24) is 4.98 Å². The topological polar surface area (TPSA) is 77.2 Å². The van der Waals surface area contributed by atoms with Gasteiger partial charge in [-0.15, -0.1) is 0 Å². The minimum absolute atomic E-state index is 0.0643. The standard InChI is InChI=1S/C13H18ClN3O2/c1-9-10(2-3-11(14)16-9)17-12(18)13(8-15)4-6-19-7-5-13/h2-3H,4-8,15H2,1H3,(H,17,18). The van der Waals surface area contributed by atoms with Crippen LogP contribution in [0.25, 0.3) is 0 Å². The molecule has 0 spiro atoms. The van der Waals surface area contributed by atoms with Crippen molar-refractivity contribution in [2.24, 2.45) is 11.1 Å². The smallest absolute Gasteiger partial charge is 0.232 e. The van der Waals surface area contributed by atoms with Gasteiger partial charge in [-0.2, -0.15) is 0 Å². The average Bonchev–Trinajstić information content (AvgIpc) is 2.42. The quantitative estimate of drug-likeness (QED) is 0.829. The summed E-state index contributed by atoms with van der Waals surface area (Å²) >= 11 is 5.80. The van der Waals surface area contributed by atoms with Gasteiger partial charge in [-0.05, 0) is 31.9 Å². The van der Waals surface area contributed by atoms with Crippen LogP contribution in [0, 0.1) is 12.3 Å². The first-order valence-corrected chi connectivity index (χ1v) is 6.68. The third kappa shape index (κ3) is 3.05. The van der Waals surface area contributed by atoms with Crippen LogP contribution in [0.15, 0.2) is 12.1 Å². The number of aryl methyl sites for hydroxylation is 1. The highest BCUT2D eigenvalue weighted by Gasteiger charge is 2.38. The van der Waals surface area contributed by atoms with Gasteiger partial charge in [0.25, 0.3) is 0 Å². The van der Waals surface area contributed by atoms with Crippen molar-refractivity contribution in [2.75, 3.05) is 25.1 Å². The van der Waals surface area contributed by atoms with Gasteiger partial charge in [0.1, 0.15) is 5.15 Å². The van der Waals surface area contributed by atoms with Crippen molar-refractivity contribution in [3.63, 3.8) is 0 Å². The van der Waals surface area contributed by atoms with Gasteiger partial charge in [-0.25, -0.2) is 4.98 Å². The van der Waals surface area contributed by atoms with Crippen LogP contribution in [0.1, 0.15) is 18.5 Å². The monoisotopic (exact) mass is 283 g/mol. The summed E-state index contributed by atoms with van der Waals surface area (Å²) < 4.78 is 5.30. The number of ether oxygens (including phenoxy) is 1. The number of hydrogen-bond donors (Lipinski definition) is 2. The largest absolute Gasteiger partial charge is 0.381 e. The van der Waals surface area contributed by atoms with Crippen LogP contribution in [-0.4, -0.2) is 30.6 Å². The molecular formula is C13H18ClN3O2. The molecule has 0 aromatic carbocycles. The van der Waals surface area contributed by atoms with E-state index in [1.54, 1.807) is 19.1 Å². The number of nitrogens with two attached hydrogens (primary N) is 1. The van der Waals surface area contributed by atoms with E-state index in [1.807, 2.05) is 0 Å². The second kappa shape index (κ2) is 5.86. The third-order valence-electron chi connectivity index (χ3n) is 3.62. The van der Waals surface area contributed by atoms with Gasteiger partial charge in [0.05, 0.1) is 16.8 Å². The highest BCUT2D eigenvalue weighted by molar-refractivity contribution is 6.29. The number of halogens is 1. The molecule has 1 aliphatic heterocycles. The molecule has 1 amide bonds. The first kappa shape index (κ1) is 14.2. The molecule has 0 saturated carbocycles. The lowest BCUT2D eigenvalue weighted by atomic mass is 9.79. The molecule has 0 aliphatic carbocycles. The van der Waals surface area contributed by atoms with E-state index in [0.717, 1.165) is 0 Å². The van der Waals surface area contributed by atoms with E-state index in [0.29, 0.717) is 49.1 Å². The van der Waals surface area contributed by atoms with Crippen molar-refractivity contribution >= 4 is 23.2 Å². The van der Waals surface area contributed by atoms with E-state index in [9.17, 15) is 4.79 Å². The summed E-state index contributed by atoms with van der Waals surface area (Å²) in [6, 6.07) is 3.41. The summed E-state index contributed by atoms with van der Waals surface area (Å²) in [5.41, 5.74) is 6.63. The van der Waals surface area contributed by atoms with E-state index in [-0.39, 0.29) is 5.91 Å². The van der Waals surface area contributed by atoms with Crippen molar-refractivity contribution in [1.29, 1.82) is 0 Å². The molecule has 0 unspecified atom stereocenters. The minimum Gasteiger partial charge on any atom is -0.381 e. The molecule has 104 valence electrons. The molecule has 2 rings (SSSR count). The van der Waals surface area contributed by atoms with Crippen LogP contribution in [-0.2, 0) is 9.53 Å². The Morgan fingerprint density at radius 2 is 2.21 bits per heavy atom. The number of hydrogen-bond acceptors (Lipinski definition) is 4. The molecule has 0 bridgehead atoms. The Morgan fingerprint density at radius 1 is 1.53 bits per heavy atom. The Morgan fingerprint density at radius 3 is 2.79 bits per heavy atom. The Kier molecular flexibility index (Phi) is 4.39. The Hall–Kier alpha value is -1.17. The van der Waals surface area contributed by atoms with Gasteiger partial charge in [0.2, 0.25) is 5.91 Å². The molecule has 19 heavy (non-hydrogen) atoms. The summed E-state index contributed by atoms with van der Waals surface area (Å²) in [4.78, 5) is 16.6. The fraction of sp³-hybridized carbons (Fsp3) is 0.538. The van der Waals surface area contributed by atoms with Crippen molar-refractivity contribution in [3.8, 4) is 0 Å². The van der Waals surface area contributed by atoms with Gasteiger partial charge in [-0.1, -0.05) is 11.6 Å². The van der Waals surface area contributed by atoms with Gasteiger partial charge < -0.3 is 15.8 Å². The number of nitrogens with one attached hydrogen (secondary N) is 1. The molecule has 3 N–H and O–H groups in total. The summed E-state index contributed by atoms with van der Waals surface area (Å²) in [5, 5.41) is 3.32. The number of rotatable bonds is 3. The van der Waals surface area contributed by atoms with Gasteiger partial charge in [0.15, 0.2) is 0 Å². The number of aromatic nitrogens is 1. The first-order valence-electron chi connectivity index (χ1n) is 6.30. The van der Waals surface area contributed by atoms with E-state index in [2.05, 4.69) is 10.3 Å². The molecule has 1 aromatic heterocycles. The fourth-order valence-electron chi connectivity index (χ4n) is 2.20. The molecule has 2 heterocycles. The Balaban J connectivity index is 2.15. The number of anilines is 1. The molecule has 0 atom stereocenters. The molecule has 1 fully saturated rings. The minimum atomic E-state index is -0.537. The summed E-state index contributed by atoms with van der Waals surface area (Å²) in [6.45, 7) is 3.27. The molecular weight excluding hydrogens is 266 g/mol. The summed E-state index contributed by atoms with van der Waals surface area (Å²) in [5.74, 6) is -0.0643. The zero-order valence-corrected chi connectivity index (χ0v) is 11.7. The van der Waals surface area contributed by atoms with Crippen molar-refractivity contribution in [2.45, 2.75) is 19.8 Å². The van der Waals surface area contributed by atoms with Crippen LogP contribution in [0.4, 0.5) is 5.69 Å². The van der Waals surface area contributed by atoms with Crippen molar-refractivity contribution in [3.05, 3.63) is 23.0 Å². The third-order valence-corrected chi connectivity index (χ3v) is 3.83. The van der Waals surface area contributed by atoms with Gasteiger partial charge in [0, 0.05) is 19.8 Å². The average molecular weight is 284 g/mol. The van der Waals surface area contributed by atoms with E-state index in [1.165, 1.54) is 0 Å². The van der Waals surface area contributed by atoms with Crippen LogP contribution in [0.2, 0.25) is 5.15 Å². The number of carbonyl (C=O) groups excluding carboxylic acids is 1. The maximum absolute atomic E-state index is 12.5. The van der Waals surface area contributed by atoms with Crippen LogP contribution >= 0.6 is 11.6 Å². The molecule has 1 aromatic rings. The second-order valence-electron chi connectivity index (χ2n) is 4.82. The lowest BCUT2D eigenvalue weighted by Gasteiger charge is -2.34. The fourth-order valence-corrected chi connectivity index (χ4v) is 2.39. The Bertz CT molecular complexity index is 473. The number of carbonyl (C=O) groups is 1. The van der Waals surface area contributed by atoms with E-state index in [4.69, 9.17) is 22.1 Å². The highest BCUT2D eigenvalue weighted by Crippen LogP contribution is 2.31. The number of amides is 1. The zero-order chi connectivity index (χ0) is 13.9. The lowest BCUT2D eigenvalue weighted by Crippen LogP contribution is -2.46. The second-order valence-corrected chi connectivity index (χ2v) is 5.21. The first-order chi connectivity index (χ1) is 9.07. The van der Waals surface area contributed by atoms with E-state index < -0.39 is 5.41 Å². The number of nitrogens with zero attached hydrogens (tertiary/aromatic N) is 1. The Labute approximate surface area is 117 Å². The van der Waals surface area contributed by atoms with Crippen LogP contribution in [0.3, 0.4) is 0 Å². The van der Waals surface area contributed by atoms with Crippen LogP contribution in [0.5, 0.6) is 0 Å². The number of pyridine rings is 1.